The first-order chi connectivity index (χ1) is 10.4. The van der Waals surface area contributed by atoms with E-state index in [-0.39, 0.29) is 6.61 Å². The molecule has 0 N–H and O–H groups in total. The number of esters is 1. The number of hydrogen-bond donors (Lipinski definition) is 0. The quantitative estimate of drug-likeness (QED) is 0.794. The molecule has 0 saturated carbocycles. The molecule has 22 heavy (non-hydrogen) atoms. The Bertz CT molecular complexity index is 648. The van der Waals surface area contributed by atoms with Crippen LogP contribution in [0.5, 0.6) is 0 Å². The first-order valence-electron chi connectivity index (χ1n) is 6.53. The molecule has 0 radical (unpaired) electrons. The van der Waals surface area contributed by atoms with Gasteiger partial charge in [-0.2, -0.15) is 10.5 Å². The first-order valence-corrected chi connectivity index (χ1v) is 6.91. The third-order valence-electron chi connectivity index (χ3n) is 3.42. The zero-order valence-electron chi connectivity index (χ0n) is 12.0. The number of carbonyl (C=O) groups is 1. The Kier molecular flexibility index (Phi) is 4.39. The number of carbonyl (C=O) groups excluding carboxylic acids is 1. The molecule has 0 aliphatic carbocycles. The van der Waals surface area contributed by atoms with E-state index in [9.17, 15) is 15.3 Å². The Morgan fingerprint density at radius 2 is 1.91 bits per heavy atom. The second kappa shape index (κ2) is 5.94. The van der Waals surface area contributed by atoms with Gasteiger partial charge in [-0.25, -0.2) is 4.79 Å². The molecule has 0 bridgehead atoms. The van der Waals surface area contributed by atoms with Crippen LogP contribution >= 0.6 is 11.6 Å². The van der Waals surface area contributed by atoms with E-state index in [0.29, 0.717) is 10.6 Å². The lowest BCUT2D eigenvalue weighted by Gasteiger charge is -2.26. The van der Waals surface area contributed by atoms with E-state index in [1.165, 1.54) is 6.92 Å². The van der Waals surface area contributed by atoms with Gasteiger partial charge in [-0.15, -0.1) is 0 Å². The Morgan fingerprint density at radius 3 is 2.41 bits per heavy atom. The Hall–Kier alpha value is -2.12. The van der Waals surface area contributed by atoms with Gasteiger partial charge in [0.1, 0.15) is 12.1 Å². The van der Waals surface area contributed by atoms with Gasteiger partial charge in [0.25, 0.3) is 5.60 Å². The van der Waals surface area contributed by atoms with Crippen LogP contribution < -0.4 is 0 Å². The van der Waals surface area contributed by atoms with Crippen molar-refractivity contribution < 1.29 is 19.0 Å². The predicted octanol–water partition coefficient (Wildman–Crippen LogP) is 2.49. The summed E-state index contributed by atoms with van der Waals surface area (Å²) in [6.45, 7) is 3.03. The van der Waals surface area contributed by atoms with Crippen molar-refractivity contribution in [2.75, 3.05) is 6.61 Å². The van der Waals surface area contributed by atoms with E-state index in [1.807, 2.05) is 0 Å². The molecule has 1 aliphatic rings. The molecule has 1 heterocycles. The van der Waals surface area contributed by atoms with Crippen molar-refractivity contribution in [3.63, 3.8) is 0 Å². The molecule has 0 unspecified atom stereocenters. The Labute approximate surface area is 132 Å². The molecular formula is C15H13ClN2O4. The van der Waals surface area contributed by atoms with Crippen molar-refractivity contribution >= 4 is 17.6 Å². The van der Waals surface area contributed by atoms with Gasteiger partial charge in [0.15, 0.2) is 6.29 Å². The van der Waals surface area contributed by atoms with Gasteiger partial charge in [0.2, 0.25) is 5.60 Å². The minimum Gasteiger partial charge on any atom is -0.464 e. The van der Waals surface area contributed by atoms with Crippen molar-refractivity contribution in [2.24, 2.45) is 0 Å². The van der Waals surface area contributed by atoms with E-state index < -0.39 is 23.5 Å². The SMILES string of the molecule is CCOC(=O)[C@]1(C)O[C@@H](c2ccc(Cl)cc2)OC1(C#N)C#N. The summed E-state index contributed by atoms with van der Waals surface area (Å²) >= 11 is 5.82. The molecule has 2 atom stereocenters. The van der Waals surface area contributed by atoms with Crippen LogP contribution in [0.25, 0.3) is 0 Å². The number of rotatable bonds is 3. The summed E-state index contributed by atoms with van der Waals surface area (Å²) in [5, 5.41) is 19.3. The van der Waals surface area contributed by atoms with Crippen molar-refractivity contribution in [2.45, 2.75) is 31.3 Å². The topological polar surface area (TPSA) is 92.3 Å². The zero-order chi connectivity index (χ0) is 16.4. The fourth-order valence-corrected chi connectivity index (χ4v) is 2.23. The summed E-state index contributed by atoms with van der Waals surface area (Å²) < 4.78 is 16.0. The molecule has 0 amide bonds. The Balaban J connectivity index is 2.42. The molecule has 1 aromatic rings. The number of hydrogen-bond acceptors (Lipinski definition) is 6. The molecule has 1 fully saturated rings. The number of nitriles is 2. The lowest BCUT2D eigenvalue weighted by Crippen LogP contribution is -2.54. The molecule has 1 aromatic carbocycles. The maximum Gasteiger partial charge on any atom is 0.343 e. The van der Waals surface area contributed by atoms with Gasteiger partial charge in [0.05, 0.1) is 6.61 Å². The van der Waals surface area contributed by atoms with Gasteiger partial charge in [-0.3, -0.25) is 0 Å². The summed E-state index contributed by atoms with van der Waals surface area (Å²) in [4.78, 5) is 12.2. The van der Waals surface area contributed by atoms with Gasteiger partial charge >= 0.3 is 5.97 Å². The highest BCUT2D eigenvalue weighted by Gasteiger charge is 2.66. The van der Waals surface area contributed by atoms with Crippen LogP contribution in [-0.2, 0) is 19.0 Å². The molecule has 114 valence electrons. The molecule has 2 rings (SSSR count). The van der Waals surface area contributed by atoms with Crippen LogP contribution in [0.15, 0.2) is 24.3 Å². The third kappa shape index (κ3) is 2.42. The summed E-state index contributed by atoms with van der Waals surface area (Å²) in [5.74, 6) is -0.824. The highest BCUT2D eigenvalue weighted by molar-refractivity contribution is 6.30. The summed E-state index contributed by atoms with van der Waals surface area (Å²) in [6.07, 6.45) is -1.05. The van der Waals surface area contributed by atoms with E-state index in [1.54, 1.807) is 43.3 Å². The Morgan fingerprint density at radius 1 is 1.32 bits per heavy atom. The van der Waals surface area contributed by atoms with Crippen LogP contribution in [-0.4, -0.2) is 23.8 Å². The fourth-order valence-electron chi connectivity index (χ4n) is 2.10. The lowest BCUT2D eigenvalue weighted by atomic mass is 9.87. The van der Waals surface area contributed by atoms with Crippen molar-refractivity contribution in [1.82, 2.24) is 0 Å². The number of nitrogens with zero attached hydrogens (tertiary/aromatic N) is 2. The van der Waals surface area contributed by atoms with Crippen molar-refractivity contribution in [1.29, 1.82) is 10.5 Å². The summed E-state index contributed by atoms with van der Waals surface area (Å²) in [6, 6.07) is 9.95. The molecule has 1 saturated heterocycles. The standard InChI is InChI=1S/C15H13ClN2O4/c1-3-20-13(19)14(2)15(8-17,9-18)22-12(21-14)10-4-6-11(16)7-5-10/h4-7,12H,3H2,1-2H3/t12-,14+/m1/s1. The van der Waals surface area contributed by atoms with Crippen molar-refractivity contribution in [3.05, 3.63) is 34.9 Å². The average molecular weight is 321 g/mol. The van der Waals surface area contributed by atoms with Crippen LogP contribution in [0.2, 0.25) is 5.02 Å². The monoisotopic (exact) mass is 320 g/mol. The van der Waals surface area contributed by atoms with Crippen LogP contribution in [0.1, 0.15) is 25.7 Å². The van der Waals surface area contributed by atoms with E-state index in [2.05, 4.69) is 0 Å². The van der Waals surface area contributed by atoms with E-state index in [0.717, 1.165) is 0 Å². The van der Waals surface area contributed by atoms with Crippen LogP contribution in [0, 0.1) is 22.7 Å². The number of ether oxygens (including phenoxy) is 3. The largest absolute Gasteiger partial charge is 0.464 e. The average Bonchev–Trinajstić information content (AvgIpc) is 2.83. The molecule has 7 heteroatoms. The van der Waals surface area contributed by atoms with E-state index in [4.69, 9.17) is 25.8 Å². The normalized spacial score (nSPS) is 26.0. The van der Waals surface area contributed by atoms with Crippen LogP contribution in [0.3, 0.4) is 0 Å². The lowest BCUT2D eigenvalue weighted by molar-refractivity contribution is -0.171. The van der Waals surface area contributed by atoms with Gasteiger partial charge < -0.3 is 14.2 Å². The van der Waals surface area contributed by atoms with Gasteiger partial charge in [-0.1, -0.05) is 23.7 Å². The minimum atomic E-state index is -2.09. The fraction of sp³-hybridized carbons (Fsp3) is 0.400. The third-order valence-corrected chi connectivity index (χ3v) is 3.67. The van der Waals surface area contributed by atoms with Gasteiger partial charge in [-0.05, 0) is 26.0 Å². The second-order valence-corrected chi connectivity index (χ2v) is 5.21. The van der Waals surface area contributed by atoms with Crippen molar-refractivity contribution in [3.8, 4) is 12.1 Å². The maximum atomic E-state index is 12.2. The number of halogens is 1. The summed E-state index contributed by atoms with van der Waals surface area (Å²) in [5.41, 5.74) is -3.41. The minimum absolute atomic E-state index is 0.0936. The van der Waals surface area contributed by atoms with Crippen LogP contribution in [0.4, 0.5) is 0 Å². The smallest absolute Gasteiger partial charge is 0.343 e. The molecule has 1 aliphatic heterocycles. The predicted molar refractivity (Wildman–Crippen MR) is 75.4 cm³/mol. The van der Waals surface area contributed by atoms with E-state index >= 15 is 0 Å². The van der Waals surface area contributed by atoms with Gasteiger partial charge in [0, 0.05) is 10.6 Å². The highest BCUT2D eigenvalue weighted by atomic mass is 35.5. The maximum absolute atomic E-state index is 12.2. The second-order valence-electron chi connectivity index (χ2n) is 4.78. The number of benzene rings is 1. The molecule has 0 aromatic heterocycles. The summed E-state index contributed by atoms with van der Waals surface area (Å²) in [7, 11) is 0. The molecule has 0 spiro atoms. The first kappa shape index (κ1) is 16.3. The molecular weight excluding hydrogens is 308 g/mol. The molecule has 6 nitrogen and oxygen atoms in total. The zero-order valence-corrected chi connectivity index (χ0v) is 12.8. The highest BCUT2D eigenvalue weighted by Crippen LogP contribution is 2.45.